The van der Waals surface area contributed by atoms with Crippen molar-refractivity contribution in [3.05, 3.63) is 69.9 Å². The second-order valence-corrected chi connectivity index (χ2v) is 7.19. The summed E-state index contributed by atoms with van der Waals surface area (Å²) < 4.78 is 0. The van der Waals surface area contributed by atoms with Gasteiger partial charge in [-0.15, -0.1) is 11.3 Å². The molecule has 128 valence electrons. The van der Waals surface area contributed by atoms with Crippen molar-refractivity contribution in [3.8, 4) is 10.6 Å². The van der Waals surface area contributed by atoms with E-state index in [4.69, 9.17) is 11.6 Å². The first-order valence-corrected chi connectivity index (χ1v) is 9.19. The van der Waals surface area contributed by atoms with Gasteiger partial charge in [-0.25, -0.2) is 4.98 Å². The Hall–Kier alpha value is -2.24. The number of aromatic nitrogens is 2. The van der Waals surface area contributed by atoms with Crippen molar-refractivity contribution >= 4 is 28.8 Å². The number of halogens is 1. The number of thiazole rings is 1. The van der Waals surface area contributed by atoms with Gasteiger partial charge in [-0.2, -0.15) is 0 Å². The van der Waals surface area contributed by atoms with Crippen LogP contribution in [-0.4, -0.2) is 22.4 Å². The van der Waals surface area contributed by atoms with Gasteiger partial charge in [-0.05, 0) is 43.2 Å². The van der Waals surface area contributed by atoms with E-state index in [1.807, 2.05) is 43.3 Å². The molecule has 0 radical (unpaired) electrons. The molecular weight excluding hydrogens is 354 g/mol. The zero-order valence-corrected chi connectivity index (χ0v) is 15.4. The SMILES string of the molecule is Cc1nc(-c2ccncc2)sc1CC(=O)NCCc1cccc(Cl)c1. The van der Waals surface area contributed by atoms with Crippen LogP contribution < -0.4 is 5.32 Å². The van der Waals surface area contributed by atoms with Gasteiger partial charge in [0, 0.05) is 34.4 Å². The van der Waals surface area contributed by atoms with Crippen molar-refractivity contribution in [3.63, 3.8) is 0 Å². The lowest BCUT2D eigenvalue weighted by molar-refractivity contribution is -0.120. The van der Waals surface area contributed by atoms with E-state index in [1.165, 1.54) is 0 Å². The minimum atomic E-state index is 0.00931. The van der Waals surface area contributed by atoms with E-state index in [9.17, 15) is 4.79 Å². The molecule has 4 nitrogen and oxygen atoms in total. The molecule has 2 heterocycles. The van der Waals surface area contributed by atoms with Crippen LogP contribution in [0.5, 0.6) is 0 Å². The molecule has 0 bridgehead atoms. The topological polar surface area (TPSA) is 54.9 Å². The van der Waals surface area contributed by atoms with E-state index >= 15 is 0 Å². The van der Waals surface area contributed by atoms with Gasteiger partial charge in [-0.3, -0.25) is 9.78 Å². The zero-order valence-electron chi connectivity index (χ0n) is 13.8. The van der Waals surface area contributed by atoms with Crippen LogP contribution in [0.1, 0.15) is 16.1 Å². The van der Waals surface area contributed by atoms with Crippen LogP contribution in [-0.2, 0) is 17.6 Å². The smallest absolute Gasteiger partial charge is 0.225 e. The molecule has 1 N–H and O–H groups in total. The Morgan fingerprint density at radius 3 is 2.80 bits per heavy atom. The monoisotopic (exact) mass is 371 g/mol. The number of nitrogens with one attached hydrogen (secondary N) is 1. The van der Waals surface area contributed by atoms with E-state index in [2.05, 4.69) is 15.3 Å². The maximum Gasteiger partial charge on any atom is 0.225 e. The third-order valence-electron chi connectivity index (χ3n) is 3.77. The Balaban J connectivity index is 1.55. The first kappa shape index (κ1) is 17.6. The molecule has 0 saturated carbocycles. The molecule has 1 amide bonds. The molecule has 0 aliphatic carbocycles. The predicted octanol–water partition coefficient (Wildman–Crippen LogP) is 4.07. The summed E-state index contributed by atoms with van der Waals surface area (Å²) in [5, 5.41) is 4.60. The van der Waals surface area contributed by atoms with Gasteiger partial charge in [0.2, 0.25) is 5.91 Å². The Labute approximate surface area is 155 Å². The summed E-state index contributed by atoms with van der Waals surface area (Å²) in [4.78, 5) is 21.8. The van der Waals surface area contributed by atoms with Gasteiger partial charge >= 0.3 is 0 Å². The quantitative estimate of drug-likeness (QED) is 0.710. The third-order valence-corrected chi connectivity index (χ3v) is 5.21. The van der Waals surface area contributed by atoms with Gasteiger partial charge in [0.05, 0.1) is 12.1 Å². The van der Waals surface area contributed by atoms with Crippen LogP contribution in [0.2, 0.25) is 5.02 Å². The molecule has 0 fully saturated rings. The number of hydrogen-bond acceptors (Lipinski definition) is 4. The van der Waals surface area contributed by atoms with Crippen LogP contribution >= 0.6 is 22.9 Å². The number of rotatable bonds is 6. The molecule has 6 heteroatoms. The predicted molar refractivity (Wildman–Crippen MR) is 102 cm³/mol. The minimum absolute atomic E-state index is 0.00931. The molecule has 0 aliphatic heterocycles. The Morgan fingerprint density at radius 1 is 1.24 bits per heavy atom. The largest absolute Gasteiger partial charge is 0.355 e. The third kappa shape index (κ3) is 4.87. The summed E-state index contributed by atoms with van der Waals surface area (Å²) in [5.41, 5.74) is 3.04. The lowest BCUT2D eigenvalue weighted by Gasteiger charge is -2.05. The van der Waals surface area contributed by atoms with Crippen LogP contribution in [0, 0.1) is 6.92 Å². The zero-order chi connectivity index (χ0) is 17.6. The number of carbonyl (C=O) groups is 1. The molecule has 0 saturated heterocycles. The average Bonchev–Trinajstić information content (AvgIpc) is 2.96. The van der Waals surface area contributed by atoms with Gasteiger partial charge in [-0.1, -0.05) is 23.7 Å². The van der Waals surface area contributed by atoms with Crippen LogP contribution in [0.4, 0.5) is 0 Å². The first-order chi connectivity index (χ1) is 12.1. The summed E-state index contributed by atoms with van der Waals surface area (Å²) in [7, 11) is 0. The maximum atomic E-state index is 12.2. The molecular formula is C19H18ClN3OS. The van der Waals surface area contributed by atoms with Crippen molar-refractivity contribution < 1.29 is 4.79 Å². The fourth-order valence-corrected chi connectivity index (χ4v) is 3.74. The molecule has 3 aromatic rings. The van der Waals surface area contributed by atoms with E-state index in [-0.39, 0.29) is 5.91 Å². The molecule has 0 aliphatic rings. The first-order valence-electron chi connectivity index (χ1n) is 7.99. The van der Waals surface area contributed by atoms with Crippen LogP contribution in [0.3, 0.4) is 0 Å². The molecule has 0 atom stereocenters. The van der Waals surface area contributed by atoms with E-state index in [1.54, 1.807) is 23.7 Å². The Morgan fingerprint density at radius 2 is 2.04 bits per heavy atom. The van der Waals surface area contributed by atoms with Crippen molar-refractivity contribution in [2.24, 2.45) is 0 Å². The van der Waals surface area contributed by atoms with Gasteiger partial charge < -0.3 is 5.32 Å². The molecule has 3 rings (SSSR count). The summed E-state index contributed by atoms with van der Waals surface area (Å²) in [6, 6.07) is 11.5. The highest BCUT2D eigenvalue weighted by Crippen LogP contribution is 2.27. The normalized spacial score (nSPS) is 10.6. The second-order valence-electron chi connectivity index (χ2n) is 5.67. The molecule has 25 heavy (non-hydrogen) atoms. The lowest BCUT2D eigenvalue weighted by atomic mass is 10.1. The van der Waals surface area contributed by atoms with Gasteiger partial charge in [0.1, 0.15) is 5.01 Å². The van der Waals surface area contributed by atoms with Gasteiger partial charge in [0.25, 0.3) is 0 Å². The number of pyridine rings is 1. The highest BCUT2D eigenvalue weighted by Gasteiger charge is 2.12. The molecule has 1 aromatic carbocycles. The van der Waals surface area contributed by atoms with E-state index in [0.717, 1.165) is 33.1 Å². The highest BCUT2D eigenvalue weighted by molar-refractivity contribution is 7.15. The summed E-state index contributed by atoms with van der Waals surface area (Å²) in [5.74, 6) is 0.00931. The van der Waals surface area contributed by atoms with Crippen molar-refractivity contribution in [1.29, 1.82) is 0 Å². The molecule has 2 aromatic heterocycles. The summed E-state index contributed by atoms with van der Waals surface area (Å²) in [6.07, 6.45) is 4.60. The highest BCUT2D eigenvalue weighted by atomic mass is 35.5. The van der Waals surface area contributed by atoms with Crippen molar-refractivity contribution in [2.45, 2.75) is 19.8 Å². The van der Waals surface area contributed by atoms with Gasteiger partial charge in [0.15, 0.2) is 0 Å². The van der Waals surface area contributed by atoms with Crippen molar-refractivity contribution in [1.82, 2.24) is 15.3 Å². The number of carbonyl (C=O) groups excluding carboxylic acids is 1. The van der Waals surface area contributed by atoms with Crippen LogP contribution in [0.25, 0.3) is 10.6 Å². The molecule has 0 unspecified atom stereocenters. The fourth-order valence-electron chi connectivity index (χ4n) is 2.46. The summed E-state index contributed by atoms with van der Waals surface area (Å²) in [6.45, 7) is 2.53. The van der Waals surface area contributed by atoms with Crippen LogP contribution in [0.15, 0.2) is 48.8 Å². The molecule has 0 spiro atoms. The average molecular weight is 372 g/mol. The number of hydrogen-bond donors (Lipinski definition) is 1. The maximum absolute atomic E-state index is 12.2. The number of amides is 1. The lowest BCUT2D eigenvalue weighted by Crippen LogP contribution is -2.27. The summed E-state index contributed by atoms with van der Waals surface area (Å²) >= 11 is 7.52. The number of nitrogens with zero attached hydrogens (tertiary/aromatic N) is 2. The standard InChI is InChI=1S/C19H18ClN3OS/c1-13-17(25-19(23-13)15-6-8-21-9-7-15)12-18(24)22-10-5-14-3-2-4-16(20)11-14/h2-4,6-9,11H,5,10,12H2,1H3,(H,22,24). The minimum Gasteiger partial charge on any atom is -0.355 e. The number of aryl methyl sites for hydroxylation is 1. The Bertz CT molecular complexity index is 864. The van der Waals surface area contributed by atoms with E-state index < -0.39 is 0 Å². The van der Waals surface area contributed by atoms with Crippen molar-refractivity contribution in [2.75, 3.05) is 6.54 Å². The van der Waals surface area contributed by atoms with E-state index in [0.29, 0.717) is 18.0 Å². The Kier molecular flexibility index (Phi) is 5.79. The second kappa shape index (κ2) is 8.23. The number of benzene rings is 1. The fraction of sp³-hybridized carbons (Fsp3) is 0.211.